The fourth-order valence-electron chi connectivity index (χ4n) is 1.61. The van der Waals surface area contributed by atoms with E-state index in [0.717, 1.165) is 13.1 Å². The molecular formula is C9H12N2O3. The van der Waals surface area contributed by atoms with Gasteiger partial charge in [-0.15, -0.1) is 0 Å². The Morgan fingerprint density at radius 2 is 2.29 bits per heavy atom. The van der Waals surface area contributed by atoms with E-state index in [9.17, 15) is 4.79 Å². The van der Waals surface area contributed by atoms with E-state index in [0.29, 0.717) is 12.4 Å². The SMILES string of the molecule is O=C(O)c1cnc(CN2CCCC2)o1. The summed E-state index contributed by atoms with van der Waals surface area (Å²) in [4.78, 5) is 16.6. The summed E-state index contributed by atoms with van der Waals surface area (Å²) in [7, 11) is 0. The number of carbonyl (C=O) groups is 1. The Balaban J connectivity index is 1.98. The van der Waals surface area contributed by atoms with Crippen LogP contribution in [0.2, 0.25) is 0 Å². The van der Waals surface area contributed by atoms with Gasteiger partial charge in [-0.05, 0) is 25.9 Å². The summed E-state index contributed by atoms with van der Waals surface area (Å²) in [5.74, 6) is -0.659. The summed E-state index contributed by atoms with van der Waals surface area (Å²) >= 11 is 0. The third-order valence-corrected chi connectivity index (χ3v) is 2.32. The van der Waals surface area contributed by atoms with E-state index in [2.05, 4.69) is 9.88 Å². The minimum Gasteiger partial charge on any atom is -0.475 e. The molecule has 0 aromatic carbocycles. The first-order valence-electron chi connectivity index (χ1n) is 4.66. The Kier molecular flexibility index (Phi) is 2.49. The van der Waals surface area contributed by atoms with Crippen molar-refractivity contribution in [1.29, 1.82) is 0 Å². The van der Waals surface area contributed by atoms with Crippen molar-refractivity contribution in [3.63, 3.8) is 0 Å². The van der Waals surface area contributed by atoms with Gasteiger partial charge in [0.1, 0.15) is 0 Å². The minimum absolute atomic E-state index is 0.0841. The van der Waals surface area contributed by atoms with Gasteiger partial charge in [-0.2, -0.15) is 0 Å². The van der Waals surface area contributed by atoms with Crippen LogP contribution < -0.4 is 0 Å². The fourth-order valence-corrected chi connectivity index (χ4v) is 1.61. The highest BCUT2D eigenvalue weighted by molar-refractivity contribution is 5.83. The molecule has 1 fully saturated rings. The molecule has 2 heterocycles. The van der Waals surface area contributed by atoms with Gasteiger partial charge in [-0.3, -0.25) is 4.90 Å². The lowest BCUT2D eigenvalue weighted by molar-refractivity contribution is 0.0658. The molecule has 76 valence electrons. The van der Waals surface area contributed by atoms with E-state index in [1.54, 1.807) is 0 Å². The summed E-state index contributed by atoms with van der Waals surface area (Å²) in [5.41, 5.74) is 0. The van der Waals surface area contributed by atoms with Gasteiger partial charge in [-0.1, -0.05) is 0 Å². The van der Waals surface area contributed by atoms with Crippen LogP contribution in [-0.4, -0.2) is 34.0 Å². The molecule has 0 aliphatic carbocycles. The van der Waals surface area contributed by atoms with E-state index in [1.807, 2.05) is 0 Å². The van der Waals surface area contributed by atoms with Crippen molar-refractivity contribution in [3.05, 3.63) is 17.8 Å². The Morgan fingerprint density at radius 1 is 1.57 bits per heavy atom. The summed E-state index contributed by atoms with van der Waals surface area (Å²) in [5, 5.41) is 8.61. The molecule has 5 heteroatoms. The van der Waals surface area contributed by atoms with Crippen molar-refractivity contribution in [2.24, 2.45) is 0 Å². The van der Waals surface area contributed by atoms with E-state index in [-0.39, 0.29) is 5.76 Å². The zero-order valence-electron chi connectivity index (χ0n) is 7.77. The van der Waals surface area contributed by atoms with Crippen molar-refractivity contribution in [3.8, 4) is 0 Å². The van der Waals surface area contributed by atoms with Crippen LogP contribution in [-0.2, 0) is 6.54 Å². The summed E-state index contributed by atoms with van der Waals surface area (Å²) in [6.07, 6.45) is 3.66. The number of aromatic nitrogens is 1. The molecule has 1 aliphatic rings. The molecule has 0 bridgehead atoms. The first kappa shape index (κ1) is 9.21. The molecule has 0 saturated carbocycles. The van der Waals surface area contributed by atoms with Crippen molar-refractivity contribution < 1.29 is 14.3 Å². The Hall–Kier alpha value is -1.36. The number of nitrogens with zero attached hydrogens (tertiary/aromatic N) is 2. The van der Waals surface area contributed by atoms with Crippen molar-refractivity contribution in [2.45, 2.75) is 19.4 Å². The van der Waals surface area contributed by atoms with Gasteiger partial charge in [0.05, 0.1) is 12.7 Å². The maximum absolute atomic E-state index is 10.5. The molecule has 1 saturated heterocycles. The number of hydrogen-bond donors (Lipinski definition) is 1. The molecule has 0 atom stereocenters. The van der Waals surface area contributed by atoms with Crippen molar-refractivity contribution in [2.75, 3.05) is 13.1 Å². The first-order chi connectivity index (χ1) is 6.75. The maximum Gasteiger partial charge on any atom is 0.373 e. The predicted octanol–water partition coefficient (Wildman–Crippen LogP) is 0.969. The summed E-state index contributed by atoms with van der Waals surface area (Å²) in [6.45, 7) is 2.71. The molecule has 14 heavy (non-hydrogen) atoms. The zero-order chi connectivity index (χ0) is 9.97. The molecule has 0 amide bonds. The van der Waals surface area contributed by atoms with Gasteiger partial charge in [-0.25, -0.2) is 9.78 Å². The van der Waals surface area contributed by atoms with Crippen molar-refractivity contribution >= 4 is 5.97 Å². The number of likely N-dealkylation sites (tertiary alicyclic amines) is 1. The van der Waals surface area contributed by atoms with E-state index in [4.69, 9.17) is 9.52 Å². The third kappa shape index (κ3) is 1.93. The molecule has 1 N–H and O–H groups in total. The standard InChI is InChI=1S/C9H12N2O3/c12-9(13)7-5-10-8(14-7)6-11-3-1-2-4-11/h5H,1-4,6H2,(H,12,13). The lowest BCUT2D eigenvalue weighted by Gasteiger charge is -2.10. The Labute approximate surface area is 81.3 Å². The molecule has 1 aromatic heterocycles. The van der Waals surface area contributed by atoms with Crippen LogP contribution >= 0.6 is 0 Å². The summed E-state index contributed by atoms with van der Waals surface area (Å²) < 4.78 is 5.05. The Bertz CT molecular complexity index is 329. The van der Waals surface area contributed by atoms with Crippen LogP contribution in [0.4, 0.5) is 0 Å². The van der Waals surface area contributed by atoms with Crippen LogP contribution in [0.3, 0.4) is 0 Å². The van der Waals surface area contributed by atoms with Gasteiger partial charge in [0.25, 0.3) is 0 Å². The maximum atomic E-state index is 10.5. The highest BCUT2D eigenvalue weighted by Crippen LogP contribution is 2.12. The highest BCUT2D eigenvalue weighted by atomic mass is 16.4. The lowest BCUT2D eigenvalue weighted by atomic mass is 10.4. The number of hydrogen-bond acceptors (Lipinski definition) is 4. The molecule has 1 aliphatic heterocycles. The number of carboxylic acids is 1. The summed E-state index contributed by atoms with van der Waals surface area (Å²) in [6, 6.07) is 0. The van der Waals surface area contributed by atoms with E-state index in [1.165, 1.54) is 19.0 Å². The van der Waals surface area contributed by atoms with Gasteiger partial charge in [0.2, 0.25) is 11.7 Å². The minimum atomic E-state index is -1.06. The Morgan fingerprint density at radius 3 is 2.86 bits per heavy atom. The second-order valence-electron chi connectivity index (χ2n) is 3.41. The smallest absolute Gasteiger partial charge is 0.373 e. The lowest BCUT2D eigenvalue weighted by Crippen LogP contribution is -2.18. The number of carboxylic acid groups (broad SMARTS) is 1. The second-order valence-corrected chi connectivity index (χ2v) is 3.41. The molecule has 1 aromatic rings. The van der Waals surface area contributed by atoms with Crippen LogP contribution in [0.5, 0.6) is 0 Å². The number of oxazole rings is 1. The molecule has 2 rings (SSSR count). The number of rotatable bonds is 3. The number of aromatic carboxylic acids is 1. The average Bonchev–Trinajstić information content (AvgIpc) is 2.75. The average molecular weight is 196 g/mol. The van der Waals surface area contributed by atoms with E-state index >= 15 is 0 Å². The van der Waals surface area contributed by atoms with Gasteiger partial charge in [0.15, 0.2) is 0 Å². The monoisotopic (exact) mass is 196 g/mol. The van der Waals surface area contributed by atoms with Crippen molar-refractivity contribution in [1.82, 2.24) is 9.88 Å². The first-order valence-corrected chi connectivity index (χ1v) is 4.66. The predicted molar refractivity (Wildman–Crippen MR) is 48.0 cm³/mol. The topological polar surface area (TPSA) is 66.6 Å². The molecule has 0 radical (unpaired) electrons. The van der Waals surface area contributed by atoms with Gasteiger partial charge in [0, 0.05) is 0 Å². The zero-order valence-corrected chi connectivity index (χ0v) is 7.77. The quantitative estimate of drug-likeness (QED) is 0.780. The largest absolute Gasteiger partial charge is 0.475 e. The van der Waals surface area contributed by atoms with Crippen LogP contribution in [0, 0.1) is 0 Å². The van der Waals surface area contributed by atoms with Crippen LogP contribution in [0.15, 0.2) is 10.6 Å². The normalized spacial score (nSPS) is 17.4. The second kappa shape index (κ2) is 3.79. The highest BCUT2D eigenvalue weighted by Gasteiger charge is 2.16. The third-order valence-electron chi connectivity index (χ3n) is 2.32. The fraction of sp³-hybridized carbons (Fsp3) is 0.556. The molecular weight excluding hydrogens is 184 g/mol. The molecule has 5 nitrogen and oxygen atoms in total. The molecule has 0 spiro atoms. The van der Waals surface area contributed by atoms with Crippen LogP contribution in [0.1, 0.15) is 29.3 Å². The van der Waals surface area contributed by atoms with Gasteiger partial charge < -0.3 is 9.52 Å². The van der Waals surface area contributed by atoms with Gasteiger partial charge >= 0.3 is 5.97 Å². The van der Waals surface area contributed by atoms with E-state index < -0.39 is 5.97 Å². The van der Waals surface area contributed by atoms with Crippen LogP contribution in [0.25, 0.3) is 0 Å². The molecule has 0 unspecified atom stereocenters.